The largest absolute Gasteiger partial charge is 0.453 e. The van der Waals surface area contributed by atoms with Crippen molar-refractivity contribution < 1.29 is 9.47 Å². The molecule has 3 heterocycles. The van der Waals surface area contributed by atoms with Gasteiger partial charge in [-0.25, -0.2) is 0 Å². The maximum Gasteiger partial charge on any atom is 0.231 e. The molecule has 7 heteroatoms. The Bertz CT molecular complexity index is 752. The quantitative estimate of drug-likeness (QED) is 0.545. The summed E-state index contributed by atoms with van der Waals surface area (Å²) < 4.78 is 11.5. The van der Waals surface area contributed by atoms with E-state index in [1.807, 2.05) is 13.1 Å². The number of hydrogen-bond acceptors (Lipinski definition) is 7. The van der Waals surface area contributed by atoms with Crippen LogP contribution in [0.3, 0.4) is 0 Å². The lowest BCUT2D eigenvalue weighted by Crippen LogP contribution is -2.63. The minimum absolute atomic E-state index is 0.000518. The minimum Gasteiger partial charge on any atom is -0.453 e. The van der Waals surface area contributed by atoms with Gasteiger partial charge in [0.2, 0.25) is 6.79 Å². The third-order valence-corrected chi connectivity index (χ3v) is 6.18. The van der Waals surface area contributed by atoms with Crippen LogP contribution in [-0.4, -0.2) is 45.4 Å². The third-order valence-electron chi connectivity index (χ3n) is 6.18. The first-order valence-electron chi connectivity index (χ1n) is 10.0. The zero-order chi connectivity index (χ0) is 18.4. The molecule has 5 N–H and O–H groups in total. The molecule has 7 nitrogen and oxygen atoms in total. The average molecular weight is 371 g/mol. The molecular formula is C20H29N5O2. The molecule has 27 heavy (non-hydrogen) atoms. The van der Waals surface area contributed by atoms with E-state index >= 15 is 0 Å². The second-order valence-corrected chi connectivity index (χ2v) is 8.12. The molecule has 0 aromatic heterocycles. The van der Waals surface area contributed by atoms with Crippen molar-refractivity contribution in [2.45, 2.75) is 38.3 Å². The summed E-state index contributed by atoms with van der Waals surface area (Å²) in [7, 11) is 1.99. The highest BCUT2D eigenvalue weighted by Crippen LogP contribution is 2.47. The Hall–Kier alpha value is -1.80. The van der Waals surface area contributed by atoms with Crippen molar-refractivity contribution in [3.63, 3.8) is 0 Å². The number of allylic oxidation sites excluding steroid dienone is 1. The van der Waals surface area contributed by atoms with E-state index in [2.05, 4.69) is 45.7 Å². The van der Waals surface area contributed by atoms with Crippen molar-refractivity contribution in [2.75, 3.05) is 32.2 Å². The fourth-order valence-electron chi connectivity index (χ4n) is 4.79. The van der Waals surface area contributed by atoms with Gasteiger partial charge in [0.05, 0.1) is 6.17 Å². The van der Waals surface area contributed by atoms with Gasteiger partial charge in [-0.3, -0.25) is 10.6 Å². The summed E-state index contributed by atoms with van der Waals surface area (Å²) in [5.74, 6) is 3.09. The molecule has 2 fully saturated rings. The van der Waals surface area contributed by atoms with Crippen molar-refractivity contribution in [3.05, 3.63) is 23.8 Å². The van der Waals surface area contributed by atoms with Crippen molar-refractivity contribution >= 4 is 11.3 Å². The summed E-state index contributed by atoms with van der Waals surface area (Å²) >= 11 is 0. The Kier molecular flexibility index (Phi) is 4.47. The smallest absolute Gasteiger partial charge is 0.231 e. The number of fused-ring (bicyclic) bond motifs is 2. The van der Waals surface area contributed by atoms with Gasteiger partial charge in [-0.05, 0) is 56.8 Å². The lowest BCUT2D eigenvalue weighted by Gasteiger charge is -2.36. The number of ether oxygens (including phenoxy) is 2. The maximum atomic E-state index is 5.81. The first-order chi connectivity index (χ1) is 13.2. The first-order valence-corrected chi connectivity index (χ1v) is 10.0. The van der Waals surface area contributed by atoms with Crippen LogP contribution in [0.15, 0.2) is 18.2 Å². The van der Waals surface area contributed by atoms with E-state index in [-0.39, 0.29) is 12.5 Å². The summed E-state index contributed by atoms with van der Waals surface area (Å²) in [5.41, 5.74) is 3.61. The van der Waals surface area contributed by atoms with Crippen molar-refractivity contribution in [1.29, 1.82) is 0 Å². The Labute approximate surface area is 160 Å². The number of anilines is 1. The predicted octanol–water partition coefficient (Wildman–Crippen LogP) is 1.25. The van der Waals surface area contributed by atoms with Gasteiger partial charge in [0, 0.05) is 29.9 Å². The van der Waals surface area contributed by atoms with Crippen LogP contribution in [-0.2, 0) is 0 Å². The normalized spacial score (nSPS) is 34.4. The molecule has 0 saturated carbocycles. The second-order valence-electron chi connectivity index (χ2n) is 8.12. The molecule has 0 bridgehead atoms. The van der Waals surface area contributed by atoms with Crippen molar-refractivity contribution in [3.8, 4) is 11.5 Å². The molecule has 1 aromatic rings. The first kappa shape index (κ1) is 17.3. The molecule has 4 aliphatic rings. The summed E-state index contributed by atoms with van der Waals surface area (Å²) in [4.78, 5) is 0. The van der Waals surface area contributed by atoms with Crippen LogP contribution in [0.1, 0.15) is 25.3 Å². The van der Waals surface area contributed by atoms with Gasteiger partial charge in [0.25, 0.3) is 0 Å². The van der Waals surface area contributed by atoms with Gasteiger partial charge in [-0.15, -0.1) is 0 Å². The van der Waals surface area contributed by atoms with Gasteiger partial charge in [0.1, 0.15) is 6.29 Å². The van der Waals surface area contributed by atoms with Crippen LogP contribution >= 0.6 is 0 Å². The second kappa shape index (κ2) is 6.98. The monoisotopic (exact) mass is 371 g/mol. The van der Waals surface area contributed by atoms with Gasteiger partial charge in [-0.1, -0.05) is 6.08 Å². The minimum atomic E-state index is 0.000518. The van der Waals surface area contributed by atoms with Crippen LogP contribution in [0.2, 0.25) is 0 Å². The van der Waals surface area contributed by atoms with E-state index in [9.17, 15) is 0 Å². The van der Waals surface area contributed by atoms with Crippen molar-refractivity contribution in [1.82, 2.24) is 21.3 Å². The molecule has 3 unspecified atom stereocenters. The molecule has 1 aromatic carbocycles. The van der Waals surface area contributed by atoms with E-state index in [4.69, 9.17) is 9.47 Å². The molecule has 2 saturated heterocycles. The summed E-state index contributed by atoms with van der Waals surface area (Å²) in [6.45, 7) is 4.71. The lowest BCUT2D eigenvalue weighted by atomic mass is 9.97. The van der Waals surface area contributed by atoms with Gasteiger partial charge in [-0.2, -0.15) is 0 Å². The highest BCUT2D eigenvalue weighted by Gasteiger charge is 2.34. The summed E-state index contributed by atoms with van der Waals surface area (Å²) in [5, 5.41) is 17.5. The van der Waals surface area contributed by atoms with Crippen LogP contribution in [0.25, 0.3) is 5.57 Å². The van der Waals surface area contributed by atoms with E-state index in [0.717, 1.165) is 43.1 Å². The number of hydrogen-bond donors (Lipinski definition) is 5. The topological polar surface area (TPSA) is 78.6 Å². The highest BCUT2D eigenvalue weighted by molar-refractivity contribution is 5.79. The molecule has 0 spiro atoms. The Morgan fingerprint density at radius 2 is 2.07 bits per heavy atom. The molecular weight excluding hydrogens is 342 g/mol. The van der Waals surface area contributed by atoms with Gasteiger partial charge < -0.3 is 25.4 Å². The van der Waals surface area contributed by atoms with Crippen LogP contribution < -0.4 is 36.1 Å². The fourth-order valence-corrected chi connectivity index (χ4v) is 4.79. The fraction of sp³-hybridized carbons (Fsp3) is 0.600. The Morgan fingerprint density at radius 3 is 2.93 bits per heavy atom. The van der Waals surface area contributed by atoms with E-state index in [0.29, 0.717) is 24.7 Å². The van der Waals surface area contributed by atoms with Crippen molar-refractivity contribution in [2.24, 2.45) is 11.8 Å². The standard InChI is InChI=1S/C20H29N5O2/c1-11-3-18(21-2)25-20(23-11)24-15-6-16(19-17(7-15)26-10-27-19)12-4-13-8-22-9-14(13)5-12/h4,6-7,11,13-14,18,20-25H,3,5,8-10H2,1-2H3/t11?,13-,14+,18?,20?/m0/s1. The molecule has 0 radical (unpaired) electrons. The summed E-state index contributed by atoms with van der Waals surface area (Å²) in [6.07, 6.45) is 4.87. The van der Waals surface area contributed by atoms with Crippen LogP contribution in [0, 0.1) is 11.8 Å². The third kappa shape index (κ3) is 3.29. The Morgan fingerprint density at radius 1 is 1.15 bits per heavy atom. The SMILES string of the molecule is CNC1CC(C)NC(Nc2cc3c(c(C4=C[C@H]5CNC[C@H]5C4)c2)OCO3)N1. The maximum absolute atomic E-state index is 5.81. The molecule has 0 amide bonds. The number of benzene rings is 1. The van der Waals surface area contributed by atoms with Gasteiger partial charge in [0.15, 0.2) is 11.5 Å². The zero-order valence-corrected chi connectivity index (χ0v) is 16.0. The number of nitrogens with one attached hydrogen (secondary N) is 5. The molecule has 1 aliphatic carbocycles. The highest BCUT2D eigenvalue weighted by atomic mass is 16.7. The average Bonchev–Trinajstić information content (AvgIpc) is 3.36. The molecule has 5 rings (SSSR count). The van der Waals surface area contributed by atoms with E-state index < -0.39 is 0 Å². The van der Waals surface area contributed by atoms with E-state index in [1.54, 1.807) is 0 Å². The Balaban J connectivity index is 1.41. The zero-order valence-electron chi connectivity index (χ0n) is 16.0. The van der Waals surface area contributed by atoms with E-state index in [1.165, 1.54) is 11.1 Å². The van der Waals surface area contributed by atoms with Crippen LogP contribution in [0.4, 0.5) is 5.69 Å². The molecule has 5 atom stereocenters. The predicted molar refractivity (Wildman–Crippen MR) is 106 cm³/mol. The lowest BCUT2D eigenvalue weighted by molar-refractivity contribution is 0.173. The molecule has 146 valence electrons. The van der Waals surface area contributed by atoms with Crippen LogP contribution in [0.5, 0.6) is 11.5 Å². The number of rotatable bonds is 4. The van der Waals surface area contributed by atoms with Gasteiger partial charge >= 0.3 is 0 Å². The molecule has 3 aliphatic heterocycles. The summed E-state index contributed by atoms with van der Waals surface area (Å²) in [6, 6.07) is 4.69.